The van der Waals surface area contributed by atoms with E-state index in [2.05, 4.69) is 4.74 Å². The monoisotopic (exact) mass is 516 g/mol. The summed E-state index contributed by atoms with van der Waals surface area (Å²) in [6.07, 6.45) is -4.64. The number of ether oxygens (including phenoxy) is 2. The first kappa shape index (κ1) is 24.2. The van der Waals surface area contributed by atoms with Gasteiger partial charge in [0.1, 0.15) is 23.4 Å². The summed E-state index contributed by atoms with van der Waals surface area (Å²) < 4.78 is 84.8. The Morgan fingerprint density at radius 1 is 1.12 bits per heavy atom. The number of nitrogens with zero attached hydrogens (tertiary/aromatic N) is 1. The molecule has 32 heavy (non-hydrogen) atoms. The fourth-order valence-electron chi connectivity index (χ4n) is 2.82. The van der Waals surface area contributed by atoms with Crippen LogP contribution in [0, 0.1) is 5.82 Å². The predicted molar refractivity (Wildman–Crippen MR) is 108 cm³/mol. The van der Waals surface area contributed by atoms with Gasteiger partial charge in [-0.1, -0.05) is 23.2 Å². The standard InChI is InChI=1S/C18H14Cl2F4N2O5S/c1-32(28,29)25-17(27)11-5-12(19)14(21)6-16(11)30-10-7-26(8-10)9-2-3-15(13(20)4-9)31-18(22,23)24/h2-6,10H,7-8H2,1H3,(H,25,27). The van der Waals surface area contributed by atoms with Gasteiger partial charge in [0.25, 0.3) is 5.91 Å². The third-order valence-corrected chi connectivity index (χ3v) is 5.33. The number of alkyl halides is 3. The number of carbonyl (C=O) groups excluding carboxylic acids is 1. The second kappa shape index (κ2) is 8.83. The minimum Gasteiger partial charge on any atom is -0.486 e. The van der Waals surface area contributed by atoms with Gasteiger partial charge in [0.05, 0.1) is 35.0 Å². The highest BCUT2D eigenvalue weighted by Gasteiger charge is 2.34. The summed E-state index contributed by atoms with van der Waals surface area (Å²) in [5, 5.41) is -0.647. The van der Waals surface area contributed by atoms with E-state index in [9.17, 15) is 30.8 Å². The molecule has 1 saturated heterocycles. The Balaban J connectivity index is 1.70. The number of rotatable bonds is 6. The SMILES string of the molecule is CS(=O)(=O)NC(=O)c1cc(Cl)c(F)cc1OC1CN(c2ccc(OC(F)(F)F)c(Cl)c2)C1. The van der Waals surface area contributed by atoms with Crippen LogP contribution in [0.1, 0.15) is 10.4 Å². The molecule has 0 aliphatic carbocycles. The Morgan fingerprint density at radius 3 is 2.34 bits per heavy atom. The number of nitrogens with one attached hydrogen (secondary N) is 1. The lowest BCUT2D eigenvalue weighted by atomic mass is 10.1. The lowest BCUT2D eigenvalue weighted by molar-refractivity contribution is -0.274. The van der Waals surface area contributed by atoms with Crippen molar-refractivity contribution in [1.82, 2.24) is 4.72 Å². The van der Waals surface area contributed by atoms with E-state index < -0.39 is 45.0 Å². The normalized spacial score (nSPS) is 14.7. The third kappa shape index (κ3) is 6.08. The molecule has 7 nitrogen and oxygen atoms in total. The van der Waals surface area contributed by atoms with E-state index in [-0.39, 0.29) is 29.4 Å². The molecular weight excluding hydrogens is 503 g/mol. The lowest BCUT2D eigenvalue weighted by Crippen LogP contribution is -2.54. The topological polar surface area (TPSA) is 84.9 Å². The van der Waals surface area contributed by atoms with Crippen LogP contribution in [0.2, 0.25) is 10.0 Å². The van der Waals surface area contributed by atoms with Crippen molar-refractivity contribution in [3.8, 4) is 11.5 Å². The zero-order valence-corrected chi connectivity index (χ0v) is 18.4. The van der Waals surface area contributed by atoms with E-state index in [0.717, 1.165) is 24.5 Å². The van der Waals surface area contributed by atoms with Crippen LogP contribution < -0.4 is 19.1 Å². The molecule has 0 spiro atoms. The largest absolute Gasteiger partial charge is 0.573 e. The van der Waals surface area contributed by atoms with Crippen molar-refractivity contribution in [1.29, 1.82) is 0 Å². The molecule has 0 saturated carbocycles. The molecule has 1 aliphatic heterocycles. The number of benzene rings is 2. The van der Waals surface area contributed by atoms with Crippen molar-refractivity contribution in [3.05, 3.63) is 51.8 Å². The van der Waals surface area contributed by atoms with Crippen molar-refractivity contribution in [2.75, 3.05) is 24.2 Å². The van der Waals surface area contributed by atoms with E-state index in [1.807, 2.05) is 0 Å². The van der Waals surface area contributed by atoms with Gasteiger partial charge >= 0.3 is 6.36 Å². The van der Waals surface area contributed by atoms with Crippen LogP contribution in [0.15, 0.2) is 30.3 Å². The highest BCUT2D eigenvalue weighted by molar-refractivity contribution is 7.89. The van der Waals surface area contributed by atoms with Crippen molar-refractivity contribution in [3.63, 3.8) is 0 Å². The first-order chi connectivity index (χ1) is 14.7. The van der Waals surface area contributed by atoms with Crippen LogP contribution in [0.25, 0.3) is 0 Å². The molecule has 0 aromatic heterocycles. The van der Waals surface area contributed by atoms with Gasteiger partial charge in [-0.15, -0.1) is 13.2 Å². The fraction of sp³-hybridized carbons (Fsp3) is 0.278. The van der Waals surface area contributed by atoms with Gasteiger partial charge in [0.15, 0.2) is 0 Å². The van der Waals surface area contributed by atoms with Crippen LogP contribution >= 0.6 is 23.2 Å². The molecule has 1 N–H and O–H groups in total. The van der Waals surface area contributed by atoms with Crippen molar-refractivity contribution in [2.45, 2.75) is 12.5 Å². The fourth-order valence-corrected chi connectivity index (χ4v) is 3.65. The number of hydrogen-bond donors (Lipinski definition) is 1. The van der Waals surface area contributed by atoms with Crippen LogP contribution in [0.5, 0.6) is 11.5 Å². The molecule has 0 unspecified atom stereocenters. The van der Waals surface area contributed by atoms with Gasteiger partial charge in [0.2, 0.25) is 10.0 Å². The van der Waals surface area contributed by atoms with E-state index in [0.29, 0.717) is 5.69 Å². The number of hydrogen-bond acceptors (Lipinski definition) is 6. The first-order valence-electron chi connectivity index (χ1n) is 8.70. The number of sulfonamides is 1. The van der Waals surface area contributed by atoms with E-state index in [1.165, 1.54) is 12.1 Å². The Labute approximate surface area is 189 Å². The molecular formula is C18H14Cl2F4N2O5S. The minimum absolute atomic E-state index is 0.218. The summed E-state index contributed by atoms with van der Waals surface area (Å²) in [4.78, 5) is 13.9. The van der Waals surface area contributed by atoms with Crippen molar-refractivity contribution >= 4 is 44.8 Å². The quantitative estimate of drug-likeness (QED) is 0.584. The molecule has 3 rings (SSSR count). The maximum absolute atomic E-state index is 13.9. The summed E-state index contributed by atoms with van der Waals surface area (Å²) >= 11 is 11.5. The lowest BCUT2D eigenvalue weighted by Gasteiger charge is -2.41. The van der Waals surface area contributed by atoms with Gasteiger partial charge in [-0.2, -0.15) is 0 Å². The van der Waals surface area contributed by atoms with E-state index >= 15 is 0 Å². The second-order valence-corrected chi connectivity index (χ2v) is 9.34. The molecule has 1 heterocycles. The summed E-state index contributed by atoms with van der Waals surface area (Å²) in [6, 6.07) is 5.54. The smallest absolute Gasteiger partial charge is 0.486 e. The number of carbonyl (C=O) groups is 1. The molecule has 1 fully saturated rings. The molecule has 1 aliphatic rings. The highest BCUT2D eigenvalue weighted by Crippen LogP contribution is 2.35. The van der Waals surface area contributed by atoms with Crippen LogP contribution in [0.4, 0.5) is 23.2 Å². The molecule has 0 atom stereocenters. The summed E-state index contributed by atoms with van der Waals surface area (Å²) in [5.41, 5.74) is 0.207. The molecule has 1 amide bonds. The first-order valence-corrected chi connectivity index (χ1v) is 11.3. The van der Waals surface area contributed by atoms with Gasteiger partial charge in [-0.3, -0.25) is 4.79 Å². The van der Waals surface area contributed by atoms with Gasteiger partial charge in [-0.25, -0.2) is 17.5 Å². The number of anilines is 1. The zero-order valence-electron chi connectivity index (χ0n) is 16.0. The molecule has 2 aromatic carbocycles. The Morgan fingerprint density at radius 2 is 1.78 bits per heavy atom. The highest BCUT2D eigenvalue weighted by atomic mass is 35.5. The zero-order chi connectivity index (χ0) is 23.8. The van der Waals surface area contributed by atoms with Crippen molar-refractivity contribution in [2.24, 2.45) is 0 Å². The van der Waals surface area contributed by atoms with E-state index in [1.54, 1.807) is 9.62 Å². The molecule has 2 aromatic rings. The predicted octanol–water partition coefficient (Wildman–Crippen LogP) is 3.99. The molecule has 174 valence electrons. The second-order valence-electron chi connectivity index (χ2n) is 6.77. The number of halogens is 6. The minimum atomic E-state index is -4.88. The Kier molecular flexibility index (Phi) is 6.68. The van der Waals surface area contributed by atoms with Crippen molar-refractivity contribution < 1.29 is 40.2 Å². The van der Waals surface area contributed by atoms with E-state index in [4.69, 9.17) is 27.9 Å². The van der Waals surface area contributed by atoms with Gasteiger partial charge < -0.3 is 14.4 Å². The molecule has 14 heteroatoms. The average Bonchev–Trinajstić information content (AvgIpc) is 2.59. The average molecular weight is 517 g/mol. The summed E-state index contributed by atoms with van der Waals surface area (Å²) in [6.45, 7) is 0.459. The van der Waals surface area contributed by atoms with Crippen LogP contribution in [-0.2, 0) is 10.0 Å². The summed E-state index contributed by atoms with van der Waals surface area (Å²) in [5.74, 6) is -2.69. The van der Waals surface area contributed by atoms with Crippen LogP contribution in [0.3, 0.4) is 0 Å². The Bertz CT molecular complexity index is 1150. The van der Waals surface area contributed by atoms with Crippen LogP contribution in [-0.4, -0.2) is 46.1 Å². The van der Waals surface area contributed by atoms with Gasteiger partial charge in [-0.05, 0) is 24.3 Å². The Hall–Kier alpha value is -2.44. The summed E-state index contributed by atoms with van der Waals surface area (Å²) in [7, 11) is -3.89. The molecule has 0 bridgehead atoms. The van der Waals surface area contributed by atoms with Gasteiger partial charge in [0, 0.05) is 11.8 Å². The maximum atomic E-state index is 13.9. The molecule has 0 radical (unpaired) electrons. The third-order valence-electron chi connectivity index (χ3n) is 4.19. The maximum Gasteiger partial charge on any atom is 0.573 e. The number of amides is 1.